The Hall–Kier alpha value is -3.29. The molecular weight excluding hydrogens is 414 g/mol. The van der Waals surface area contributed by atoms with Crippen molar-refractivity contribution < 1.29 is 33.3 Å². The van der Waals surface area contributed by atoms with Crippen LogP contribution in [0.1, 0.15) is 55.5 Å². The van der Waals surface area contributed by atoms with Crippen molar-refractivity contribution in [3.8, 4) is 11.5 Å². The van der Waals surface area contributed by atoms with Crippen molar-refractivity contribution in [3.63, 3.8) is 0 Å². The molecule has 0 saturated carbocycles. The van der Waals surface area contributed by atoms with Crippen molar-refractivity contribution in [2.75, 3.05) is 28.4 Å². The number of ketones is 1. The second-order valence-electron chi connectivity index (χ2n) is 8.71. The number of methoxy groups -OCH3 is 4. The van der Waals surface area contributed by atoms with Gasteiger partial charge in [-0.15, -0.1) is 0 Å². The Balaban J connectivity index is 2.35. The topological polar surface area (TPSA) is 100 Å². The zero-order valence-corrected chi connectivity index (χ0v) is 19.5. The number of nitrogens with one attached hydrogen (secondary N) is 1. The lowest BCUT2D eigenvalue weighted by molar-refractivity contribution is -0.136. The first-order valence-electron chi connectivity index (χ1n) is 10.2. The van der Waals surface area contributed by atoms with Gasteiger partial charge in [0.2, 0.25) is 0 Å². The number of hydrogen-bond acceptors (Lipinski definition) is 8. The van der Waals surface area contributed by atoms with Crippen LogP contribution in [0.5, 0.6) is 11.5 Å². The molecule has 1 N–H and O–H groups in total. The third-order valence-corrected chi connectivity index (χ3v) is 5.91. The Morgan fingerprint density at radius 1 is 0.969 bits per heavy atom. The second kappa shape index (κ2) is 8.68. The van der Waals surface area contributed by atoms with E-state index in [9.17, 15) is 14.4 Å². The fraction of sp³-hybridized carbons (Fsp3) is 0.458. The molecule has 1 atom stereocenters. The Morgan fingerprint density at radius 2 is 1.59 bits per heavy atom. The summed E-state index contributed by atoms with van der Waals surface area (Å²) in [5.41, 5.74) is 2.54. The summed E-state index contributed by atoms with van der Waals surface area (Å²) in [4.78, 5) is 38.7. The fourth-order valence-corrected chi connectivity index (χ4v) is 4.55. The van der Waals surface area contributed by atoms with Gasteiger partial charge in [0, 0.05) is 35.0 Å². The van der Waals surface area contributed by atoms with Crippen LogP contribution >= 0.6 is 0 Å². The highest BCUT2D eigenvalue weighted by Gasteiger charge is 2.44. The summed E-state index contributed by atoms with van der Waals surface area (Å²) in [5.74, 6) is -1.38. The van der Waals surface area contributed by atoms with E-state index < -0.39 is 17.9 Å². The number of allylic oxidation sites excluding steroid dienone is 3. The molecule has 32 heavy (non-hydrogen) atoms. The first kappa shape index (κ1) is 23.4. The maximum absolute atomic E-state index is 13.4. The highest BCUT2D eigenvalue weighted by atomic mass is 16.5. The monoisotopic (exact) mass is 443 g/mol. The van der Waals surface area contributed by atoms with Crippen LogP contribution in [-0.4, -0.2) is 46.2 Å². The number of Topliss-reactive ketones (excluding diaryl/α,β-unsaturated/α-hetero) is 1. The lowest BCUT2D eigenvalue weighted by Gasteiger charge is -2.39. The quantitative estimate of drug-likeness (QED) is 0.692. The number of dihydropyridines is 1. The standard InChI is InChI=1S/C24H29NO7/c1-12-19(23(28)32-7)20(21-15(25-12)10-24(2,3)11-16(21)26)13-8-14(22(27)31-6)18(30-5)9-17(13)29-4/h8-9,20,25H,10-11H2,1-7H3/t20-/m1/s1. The molecule has 1 aromatic rings. The minimum absolute atomic E-state index is 0.0693. The number of rotatable bonds is 5. The van der Waals surface area contributed by atoms with Crippen LogP contribution in [0.4, 0.5) is 0 Å². The first-order valence-corrected chi connectivity index (χ1v) is 10.2. The molecule has 8 nitrogen and oxygen atoms in total. The molecule has 0 radical (unpaired) electrons. The lowest BCUT2D eigenvalue weighted by atomic mass is 9.68. The van der Waals surface area contributed by atoms with Crippen LogP contribution < -0.4 is 14.8 Å². The second-order valence-corrected chi connectivity index (χ2v) is 8.71. The predicted molar refractivity (Wildman–Crippen MR) is 117 cm³/mol. The van der Waals surface area contributed by atoms with Gasteiger partial charge in [-0.2, -0.15) is 0 Å². The van der Waals surface area contributed by atoms with Crippen LogP contribution in [0, 0.1) is 5.41 Å². The van der Waals surface area contributed by atoms with E-state index in [1.807, 2.05) is 13.8 Å². The van der Waals surface area contributed by atoms with Gasteiger partial charge in [-0.1, -0.05) is 13.8 Å². The van der Waals surface area contributed by atoms with Crippen molar-refractivity contribution in [3.05, 3.63) is 45.8 Å². The van der Waals surface area contributed by atoms with Gasteiger partial charge in [0.1, 0.15) is 17.1 Å². The molecule has 1 aliphatic carbocycles. The van der Waals surface area contributed by atoms with Gasteiger partial charge in [-0.05, 0) is 24.8 Å². The molecule has 2 aliphatic rings. The van der Waals surface area contributed by atoms with Crippen LogP contribution in [0.15, 0.2) is 34.7 Å². The van der Waals surface area contributed by atoms with Crippen molar-refractivity contribution >= 4 is 17.7 Å². The molecule has 0 bridgehead atoms. The zero-order valence-electron chi connectivity index (χ0n) is 19.5. The SMILES string of the molecule is COC(=O)C1=C(C)NC2=C(C(=O)CC(C)(C)C2)[C@@H]1c1cc(C(=O)OC)c(OC)cc1OC. The molecule has 0 spiro atoms. The van der Waals surface area contributed by atoms with Crippen molar-refractivity contribution in [1.29, 1.82) is 0 Å². The van der Waals surface area contributed by atoms with Gasteiger partial charge in [0.15, 0.2) is 5.78 Å². The molecule has 0 fully saturated rings. The minimum atomic E-state index is -0.772. The summed E-state index contributed by atoms with van der Waals surface area (Å²) in [6.07, 6.45) is 0.971. The van der Waals surface area contributed by atoms with Gasteiger partial charge >= 0.3 is 11.9 Å². The molecule has 1 aliphatic heterocycles. The summed E-state index contributed by atoms with van der Waals surface area (Å²) >= 11 is 0. The maximum Gasteiger partial charge on any atom is 0.341 e. The summed E-state index contributed by atoms with van der Waals surface area (Å²) in [5, 5.41) is 3.26. The molecule has 1 aromatic carbocycles. The molecule has 8 heteroatoms. The van der Waals surface area contributed by atoms with Crippen LogP contribution in [0.3, 0.4) is 0 Å². The Labute approximate surface area is 187 Å². The highest BCUT2D eigenvalue weighted by molar-refractivity contribution is 6.04. The predicted octanol–water partition coefficient (Wildman–Crippen LogP) is 3.27. The Morgan fingerprint density at radius 3 is 2.16 bits per heavy atom. The average Bonchev–Trinajstić information content (AvgIpc) is 2.75. The third-order valence-electron chi connectivity index (χ3n) is 5.91. The smallest absolute Gasteiger partial charge is 0.341 e. The molecular formula is C24H29NO7. The van der Waals surface area contributed by atoms with Gasteiger partial charge in [0.05, 0.1) is 39.9 Å². The van der Waals surface area contributed by atoms with E-state index in [0.29, 0.717) is 41.0 Å². The Bertz CT molecular complexity index is 1050. The molecule has 172 valence electrons. The summed E-state index contributed by atoms with van der Waals surface area (Å²) in [6.45, 7) is 5.83. The van der Waals surface area contributed by atoms with E-state index in [1.165, 1.54) is 28.4 Å². The number of hydrogen-bond donors (Lipinski definition) is 1. The molecule has 0 saturated heterocycles. The average molecular weight is 443 g/mol. The number of carbonyl (C=O) groups excluding carboxylic acids is 3. The van der Waals surface area contributed by atoms with Gasteiger partial charge < -0.3 is 24.3 Å². The van der Waals surface area contributed by atoms with E-state index in [0.717, 1.165) is 5.70 Å². The first-order chi connectivity index (χ1) is 15.1. The zero-order chi connectivity index (χ0) is 23.8. The third kappa shape index (κ3) is 3.97. The number of carbonyl (C=O) groups is 3. The van der Waals surface area contributed by atoms with Gasteiger partial charge in [0.25, 0.3) is 0 Å². The summed E-state index contributed by atoms with van der Waals surface area (Å²) < 4.78 is 20.9. The van der Waals surface area contributed by atoms with Crippen molar-refractivity contribution in [2.45, 2.75) is 39.5 Å². The van der Waals surface area contributed by atoms with Crippen LogP contribution in [-0.2, 0) is 19.1 Å². The fourth-order valence-electron chi connectivity index (χ4n) is 4.55. The number of ether oxygens (including phenoxy) is 4. The summed E-state index contributed by atoms with van der Waals surface area (Å²) in [7, 11) is 5.48. The molecule has 3 rings (SSSR count). The maximum atomic E-state index is 13.4. The highest BCUT2D eigenvalue weighted by Crippen LogP contribution is 2.49. The normalized spacial score (nSPS) is 19.7. The van der Waals surface area contributed by atoms with E-state index in [2.05, 4.69) is 5.32 Å². The molecule has 1 heterocycles. The summed E-state index contributed by atoms with van der Waals surface area (Å²) in [6, 6.07) is 3.12. The molecule has 0 amide bonds. The largest absolute Gasteiger partial charge is 0.496 e. The van der Waals surface area contributed by atoms with Crippen LogP contribution in [0.2, 0.25) is 0 Å². The van der Waals surface area contributed by atoms with Crippen molar-refractivity contribution in [1.82, 2.24) is 5.32 Å². The van der Waals surface area contributed by atoms with E-state index >= 15 is 0 Å². The molecule has 0 aromatic heterocycles. The lowest BCUT2D eigenvalue weighted by Crippen LogP contribution is -2.38. The van der Waals surface area contributed by atoms with E-state index in [1.54, 1.807) is 19.1 Å². The number of esters is 2. The molecule has 0 unspecified atom stereocenters. The van der Waals surface area contributed by atoms with Crippen molar-refractivity contribution in [2.24, 2.45) is 5.41 Å². The van der Waals surface area contributed by atoms with Gasteiger partial charge in [-0.25, -0.2) is 9.59 Å². The minimum Gasteiger partial charge on any atom is -0.496 e. The number of benzene rings is 1. The van der Waals surface area contributed by atoms with E-state index in [-0.39, 0.29) is 22.5 Å². The van der Waals surface area contributed by atoms with Gasteiger partial charge in [-0.3, -0.25) is 4.79 Å². The van der Waals surface area contributed by atoms with Crippen LogP contribution in [0.25, 0.3) is 0 Å². The van der Waals surface area contributed by atoms with E-state index in [4.69, 9.17) is 18.9 Å². The Kier molecular flexibility index (Phi) is 6.34.